The summed E-state index contributed by atoms with van der Waals surface area (Å²) in [5, 5.41) is 20.5. The molecule has 0 unspecified atom stereocenters. The number of thiazole rings is 1. The van der Waals surface area contributed by atoms with Crippen LogP contribution >= 0.6 is 45.5 Å². The second-order valence-corrected chi connectivity index (χ2v) is 9.46. The predicted octanol–water partition coefficient (Wildman–Crippen LogP) is 6.29. The van der Waals surface area contributed by atoms with Gasteiger partial charge in [-0.1, -0.05) is 23.7 Å². The Labute approximate surface area is 218 Å². The molecule has 10 heteroatoms. The summed E-state index contributed by atoms with van der Waals surface area (Å²) in [5.74, 6) is 0.0628. The van der Waals surface area contributed by atoms with Crippen molar-refractivity contribution < 1.29 is 14.6 Å². The van der Waals surface area contributed by atoms with Crippen molar-refractivity contribution in [3.8, 4) is 22.8 Å². The van der Waals surface area contributed by atoms with Crippen LogP contribution in [0.3, 0.4) is 0 Å². The Morgan fingerprint density at radius 2 is 1.91 bits per heavy atom. The van der Waals surface area contributed by atoms with E-state index in [1.165, 1.54) is 24.7 Å². The van der Waals surface area contributed by atoms with E-state index in [1.807, 2.05) is 64.4 Å². The monoisotopic (exact) mass is 604 g/mol. The lowest BCUT2D eigenvalue weighted by Crippen LogP contribution is -2.17. The van der Waals surface area contributed by atoms with Crippen LogP contribution in [0.4, 0.5) is 10.8 Å². The third-order valence-electron chi connectivity index (χ3n) is 4.69. The molecule has 0 aliphatic carbocycles. The number of aromatic hydroxyl groups is 1. The number of phenols is 1. The van der Waals surface area contributed by atoms with Gasteiger partial charge in [0.1, 0.15) is 0 Å². The van der Waals surface area contributed by atoms with Gasteiger partial charge in [0.2, 0.25) is 0 Å². The number of nitrogens with zero attached hydrogens (tertiary/aromatic N) is 2. The van der Waals surface area contributed by atoms with Crippen LogP contribution in [0, 0.1) is 3.57 Å². The number of hydrogen-bond acceptors (Lipinski definition) is 7. The number of hydrogen-bond donors (Lipinski definition) is 3. The first kappa shape index (κ1) is 24.0. The molecule has 172 valence electrons. The molecule has 0 saturated heterocycles. The Kier molecular flexibility index (Phi) is 7.66. The first-order chi connectivity index (χ1) is 16.4. The van der Waals surface area contributed by atoms with Gasteiger partial charge in [-0.15, -0.1) is 11.3 Å². The van der Waals surface area contributed by atoms with Gasteiger partial charge >= 0.3 is 0 Å². The number of phenolic OH excluding ortho intramolecular Hbond substituents is 1. The molecule has 0 spiro atoms. The number of rotatable bonds is 7. The summed E-state index contributed by atoms with van der Waals surface area (Å²) in [6, 6.07) is 17.9. The Morgan fingerprint density at radius 1 is 1.18 bits per heavy atom. The fraction of sp³-hybridized carbons (Fsp3) is 0.0417. The summed E-state index contributed by atoms with van der Waals surface area (Å²) in [6.45, 7) is 0. The highest BCUT2D eigenvalue weighted by Gasteiger charge is 2.09. The van der Waals surface area contributed by atoms with Crippen molar-refractivity contribution in [1.82, 2.24) is 10.4 Å². The molecule has 4 rings (SSSR count). The fourth-order valence-corrected chi connectivity index (χ4v) is 4.46. The molecule has 1 aromatic heterocycles. The number of anilines is 2. The van der Waals surface area contributed by atoms with Gasteiger partial charge < -0.3 is 15.2 Å². The highest BCUT2D eigenvalue weighted by Crippen LogP contribution is 2.32. The summed E-state index contributed by atoms with van der Waals surface area (Å²) in [6.07, 6.45) is 1.49. The van der Waals surface area contributed by atoms with E-state index >= 15 is 0 Å². The molecule has 0 bridgehead atoms. The highest BCUT2D eigenvalue weighted by atomic mass is 127. The molecular weight excluding hydrogens is 587 g/mol. The van der Waals surface area contributed by atoms with E-state index in [-0.39, 0.29) is 11.7 Å². The molecule has 34 heavy (non-hydrogen) atoms. The van der Waals surface area contributed by atoms with E-state index in [1.54, 1.807) is 24.3 Å². The molecule has 0 saturated carbocycles. The summed E-state index contributed by atoms with van der Waals surface area (Å²) in [4.78, 5) is 17.0. The zero-order chi connectivity index (χ0) is 24.1. The topological polar surface area (TPSA) is 95.8 Å². The third kappa shape index (κ3) is 5.85. The average Bonchev–Trinajstić information content (AvgIpc) is 3.31. The molecule has 0 aliphatic rings. The van der Waals surface area contributed by atoms with E-state index in [9.17, 15) is 9.90 Å². The molecule has 0 aliphatic heterocycles. The number of ether oxygens (including phenoxy) is 1. The molecule has 1 heterocycles. The van der Waals surface area contributed by atoms with E-state index in [2.05, 4.69) is 20.8 Å². The smallest absolute Gasteiger partial charge is 0.271 e. The molecule has 7 nitrogen and oxygen atoms in total. The second-order valence-electron chi connectivity index (χ2n) is 7.00. The van der Waals surface area contributed by atoms with Crippen LogP contribution in [-0.4, -0.2) is 29.3 Å². The molecule has 0 fully saturated rings. The van der Waals surface area contributed by atoms with Crippen molar-refractivity contribution in [2.75, 3.05) is 12.4 Å². The number of hydrazone groups is 1. The van der Waals surface area contributed by atoms with Crippen LogP contribution in [0.2, 0.25) is 5.02 Å². The largest absolute Gasteiger partial charge is 0.504 e. The lowest BCUT2D eigenvalue weighted by molar-refractivity contribution is 0.0955. The molecule has 4 aromatic rings. The first-order valence-electron chi connectivity index (χ1n) is 9.91. The molecule has 3 aromatic carbocycles. The fourth-order valence-electron chi connectivity index (χ4n) is 2.97. The molecular formula is C24H18ClIN4O3S. The zero-order valence-corrected chi connectivity index (χ0v) is 21.5. The summed E-state index contributed by atoms with van der Waals surface area (Å²) < 4.78 is 5.75. The van der Waals surface area contributed by atoms with Crippen molar-refractivity contribution in [3.63, 3.8) is 0 Å². The number of benzene rings is 3. The van der Waals surface area contributed by atoms with Gasteiger partial charge in [-0.25, -0.2) is 10.4 Å². The standard InChI is InChI=1S/C24H18ClIN4O3S/c1-33-21-11-14(10-19(26)22(21)31)12-27-30-23(32)16-4-2-15(3-5-16)20-13-34-24(29-20)28-18-8-6-17(25)7-9-18/h2-13,31H,1H3,(H,28,29)(H,30,32)/b27-12-. The lowest BCUT2D eigenvalue weighted by atomic mass is 10.1. The van der Waals surface area contributed by atoms with Gasteiger partial charge in [0.25, 0.3) is 5.91 Å². The zero-order valence-electron chi connectivity index (χ0n) is 17.8. The van der Waals surface area contributed by atoms with E-state index < -0.39 is 0 Å². The Hall–Kier alpha value is -3.15. The lowest BCUT2D eigenvalue weighted by Gasteiger charge is -2.06. The summed E-state index contributed by atoms with van der Waals surface area (Å²) >= 11 is 9.41. The van der Waals surface area contributed by atoms with Gasteiger partial charge in [-0.3, -0.25) is 4.79 Å². The Morgan fingerprint density at radius 3 is 2.62 bits per heavy atom. The first-order valence-corrected chi connectivity index (χ1v) is 12.2. The molecule has 1 amide bonds. The van der Waals surface area contributed by atoms with Crippen molar-refractivity contribution in [1.29, 1.82) is 0 Å². The quantitative estimate of drug-likeness (QED) is 0.131. The maximum atomic E-state index is 12.4. The number of aromatic nitrogens is 1. The number of carbonyl (C=O) groups excluding carboxylic acids is 1. The highest BCUT2D eigenvalue weighted by molar-refractivity contribution is 14.1. The minimum Gasteiger partial charge on any atom is -0.504 e. The number of nitrogens with one attached hydrogen (secondary N) is 2. The summed E-state index contributed by atoms with van der Waals surface area (Å²) in [5.41, 5.74) is 6.26. The minimum absolute atomic E-state index is 0.0670. The number of halogens is 2. The maximum absolute atomic E-state index is 12.4. The summed E-state index contributed by atoms with van der Waals surface area (Å²) in [7, 11) is 1.47. The maximum Gasteiger partial charge on any atom is 0.271 e. The molecule has 3 N–H and O–H groups in total. The number of amides is 1. The van der Waals surface area contributed by atoms with Gasteiger partial charge in [-0.2, -0.15) is 5.10 Å². The minimum atomic E-state index is -0.341. The van der Waals surface area contributed by atoms with Gasteiger partial charge in [0.15, 0.2) is 16.6 Å². The van der Waals surface area contributed by atoms with Crippen LogP contribution in [0.25, 0.3) is 11.3 Å². The number of carbonyl (C=O) groups is 1. The van der Waals surface area contributed by atoms with Crippen LogP contribution in [0.1, 0.15) is 15.9 Å². The van der Waals surface area contributed by atoms with Crippen LogP contribution in [-0.2, 0) is 0 Å². The van der Waals surface area contributed by atoms with Gasteiger partial charge in [0, 0.05) is 27.2 Å². The Bertz CT molecular complexity index is 1340. The van der Waals surface area contributed by atoms with Crippen LogP contribution in [0.5, 0.6) is 11.5 Å². The van der Waals surface area contributed by atoms with Crippen LogP contribution < -0.4 is 15.5 Å². The normalized spacial score (nSPS) is 10.9. The van der Waals surface area contributed by atoms with Crippen LogP contribution in [0.15, 0.2) is 71.1 Å². The predicted molar refractivity (Wildman–Crippen MR) is 145 cm³/mol. The van der Waals surface area contributed by atoms with E-state index in [4.69, 9.17) is 16.3 Å². The third-order valence-corrected chi connectivity index (χ3v) is 6.52. The number of methoxy groups -OCH3 is 1. The molecule has 0 atom stereocenters. The van der Waals surface area contributed by atoms with Crippen molar-refractivity contribution in [3.05, 3.63) is 85.8 Å². The SMILES string of the molecule is COc1cc(/C=N\NC(=O)c2ccc(-c3csc(Nc4ccc(Cl)cc4)n3)cc2)cc(I)c1O. The van der Waals surface area contributed by atoms with Gasteiger partial charge in [0.05, 0.1) is 22.6 Å². The van der Waals surface area contributed by atoms with Crippen molar-refractivity contribution >= 4 is 68.5 Å². The van der Waals surface area contributed by atoms with Crippen molar-refractivity contribution in [2.45, 2.75) is 0 Å². The van der Waals surface area contributed by atoms with E-state index in [0.717, 1.165) is 22.1 Å². The van der Waals surface area contributed by atoms with Gasteiger partial charge in [-0.05, 0) is 76.7 Å². The van der Waals surface area contributed by atoms with Crippen molar-refractivity contribution in [2.24, 2.45) is 5.10 Å². The average molecular weight is 605 g/mol. The van der Waals surface area contributed by atoms with E-state index in [0.29, 0.717) is 25.5 Å². The Balaban J connectivity index is 1.38. The molecule has 0 radical (unpaired) electrons. The second kappa shape index (κ2) is 10.9.